The van der Waals surface area contributed by atoms with Crippen molar-refractivity contribution < 1.29 is 0 Å². The standard InChI is InChI=1S/C16H25N5S.HI/c1-3-16(6-4-5-7-16)12-19-14(17-2)18-10-13-11-21-8-9-22-15(21)20-13;/h8-9,11H,3-7,10,12H2,1-2H3,(H2,17,18,19);1H. The van der Waals surface area contributed by atoms with Crippen LogP contribution in [0.2, 0.25) is 0 Å². The van der Waals surface area contributed by atoms with Crippen LogP contribution in [0.25, 0.3) is 4.96 Å². The minimum atomic E-state index is 0. The molecule has 0 unspecified atom stereocenters. The number of fused-ring (bicyclic) bond motifs is 1. The van der Waals surface area contributed by atoms with Crippen molar-refractivity contribution in [2.75, 3.05) is 13.6 Å². The van der Waals surface area contributed by atoms with E-state index in [4.69, 9.17) is 0 Å². The van der Waals surface area contributed by atoms with E-state index in [0.717, 1.165) is 23.2 Å². The van der Waals surface area contributed by atoms with Gasteiger partial charge in [0.05, 0.1) is 12.2 Å². The highest BCUT2D eigenvalue weighted by atomic mass is 127. The molecule has 23 heavy (non-hydrogen) atoms. The fourth-order valence-electron chi connectivity index (χ4n) is 3.31. The monoisotopic (exact) mass is 447 g/mol. The number of halogens is 1. The van der Waals surface area contributed by atoms with Crippen molar-refractivity contribution in [3.8, 4) is 0 Å². The van der Waals surface area contributed by atoms with Crippen LogP contribution in [0.1, 0.15) is 44.7 Å². The third-order valence-electron chi connectivity index (χ3n) is 4.85. The summed E-state index contributed by atoms with van der Waals surface area (Å²) in [6, 6.07) is 0. The zero-order chi connectivity index (χ0) is 15.4. The maximum atomic E-state index is 4.58. The summed E-state index contributed by atoms with van der Waals surface area (Å²) in [6.07, 6.45) is 10.8. The number of imidazole rings is 1. The molecule has 1 saturated carbocycles. The molecule has 2 aromatic rings. The summed E-state index contributed by atoms with van der Waals surface area (Å²) in [6.45, 7) is 4.02. The Labute approximate surface area is 159 Å². The van der Waals surface area contributed by atoms with E-state index in [1.165, 1.54) is 32.1 Å². The largest absolute Gasteiger partial charge is 0.356 e. The summed E-state index contributed by atoms with van der Waals surface area (Å²) < 4.78 is 2.06. The van der Waals surface area contributed by atoms with Gasteiger partial charge < -0.3 is 10.6 Å². The Morgan fingerprint density at radius 1 is 1.39 bits per heavy atom. The van der Waals surface area contributed by atoms with E-state index >= 15 is 0 Å². The molecule has 7 heteroatoms. The van der Waals surface area contributed by atoms with Crippen molar-refractivity contribution in [1.29, 1.82) is 0 Å². The molecule has 0 radical (unpaired) electrons. The maximum absolute atomic E-state index is 4.58. The average molecular weight is 447 g/mol. The molecule has 128 valence electrons. The molecule has 1 aliphatic rings. The van der Waals surface area contributed by atoms with E-state index in [2.05, 4.69) is 38.1 Å². The lowest BCUT2D eigenvalue weighted by Crippen LogP contribution is -2.42. The van der Waals surface area contributed by atoms with Gasteiger partial charge in [0, 0.05) is 31.4 Å². The number of thiazole rings is 1. The van der Waals surface area contributed by atoms with Crippen molar-refractivity contribution in [3.05, 3.63) is 23.5 Å². The molecule has 5 nitrogen and oxygen atoms in total. The zero-order valence-electron chi connectivity index (χ0n) is 13.8. The highest BCUT2D eigenvalue weighted by Crippen LogP contribution is 2.40. The lowest BCUT2D eigenvalue weighted by molar-refractivity contribution is 0.283. The lowest BCUT2D eigenvalue weighted by atomic mass is 9.83. The van der Waals surface area contributed by atoms with Crippen LogP contribution in [-0.4, -0.2) is 28.9 Å². The zero-order valence-corrected chi connectivity index (χ0v) is 17.0. The predicted octanol–water partition coefficient (Wildman–Crippen LogP) is 3.65. The van der Waals surface area contributed by atoms with Crippen LogP contribution in [0.4, 0.5) is 0 Å². The van der Waals surface area contributed by atoms with Gasteiger partial charge in [-0.2, -0.15) is 0 Å². The summed E-state index contributed by atoms with van der Waals surface area (Å²) in [5, 5.41) is 8.92. The van der Waals surface area contributed by atoms with Gasteiger partial charge in [0.1, 0.15) is 0 Å². The molecule has 0 bridgehead atoms. The molecule has 0 aromatic carbocycles. The van der Waals surface area contributed by atoms with Crippen molar-refractivity contribution in [3.63, 3.8) is 0 Å². The first-order chi connectivity index (χ1) is 10.7. The van der Waals surface area contributed by atoms with E-state index in [0.29, 0.717) is 12.0 Å². The van der Waals surface area contributed by atoms with Gasteiger partial charge in [-0.05, 0) is 24.7 Å². The second-order valence-electron chi connectivity index (χ2n) is 6.17. The molecule has 1 aliphatic carbocycles. The molecule has 0 spiro atoms. The van der Waals surface area contributed by atoms with Crippen LogP contribution in [0.15, 0.2) is 22.8 Å². The van der Waals surface area contributed by atoms with Crippen molar-refractivity contribution in [2.24, 2.45) is 10.4 Å². The second kappa shape index (κ2) is 8.32. The second-order valence-corrected chi connectivity index (χ2v) is 7.04. The van der Waals surface area contributed by atoms with E-state index in [1.807, 2.05) is 18.6 Å². The highest BCUT2D eigenvalue weighted by Gasteiger charge is 2.31. The molecular weight excluding hydrogens is 421 g/mol. The SMILES string of the molecule is CCC1(CNC(=NC)NCc2cn3ccsc3n2)CCCC1.I. The third-order valence-corrected chi connectivity index (χ3v) is 5.62. The first-order valence-corrected chi connectivity index (χ1v) is 8.98. The number of hydrogen-bond donors (Lipinski definition) is 2. The minimum Gasteiger partial charge on any atom is -0.356 e. The smallest absolute Gasteiger partial charge is 0.193 e. The first kappa shape index (κ1) is 18.5. The van der Waals surface area contributed by atoms with E-state index in [1.54, 1.807) is 11.3 Å². The molecule has 0 amide bonds. The molecule has 2 heterocycles. The normalized spacial score (nSPS) is 17.2. The number of nitrogens with zero attached hydrogens (tertiary/aromatic N) is 3. The molecule has 0 aliphatic heterocycles. The Balaban J connectivity index is 0.00000192. The number of aliphatic imine (C=N–C) groups is 1. The van der Waals surface area contributed by atoms with Crippen LogP contribution < -0.4 is 10.6 Å². The van der Waals surface area contributed by atoms with Gasteiger partial charge in [0.25, 0.3) is 0 Å². The van der Waals surface area contributed by atoms with Gasteiger partial charge in [0.15, 0.2) is 10.9 Å². The molecule has 2 N–H and O–H groups in total. The van der Waals surface area contributed by atoms with Crippen LogP contribution >= 0.6 is 35.3 Å². The van der Waals surface area contributed by atoms with Crippen molar-refractivity contribution in [2.45, 2.75) is 45.6 Å². The van der Waals surface area contributed by atoms with Crippen molar-refractivity contribution in [1.82, 2.24) is 20.0 Å². The van der Waals surface area contributed by atoms with Crippen LogP contribution in [0.5, 0.6) is 0 Å². The molecule has 0 saturated heterocycles. The summed E-state index contributed by atoms with van der Waals surface area (Å²) in [7, 11) is 1.83. The topological polar surface area (TPSA) is 53.7 Å². The van der Waals surface area contributed by atoms with Crippen molar-refractivity contribution >= 4 is 46.2 Å². The Bertz CT molecular complexity index is 613. The fourth-order valence-corrected chi connectivity index (χ4v) is 4.03. The van der Waals surface area contributed by atoms with Crippen LogP contribution in [0.3, 0.4) is 0 Å². The van der Waals surface area contributed by atoms with Crippen LogP contribution in [0, 0.1) is 5.41 Å². The van der Waals surface area contributed by atoms with E-state index in [9.17, 15) is 0 Å². The number of hydrogen-bond acceptors (Lipinski definition) is 3. The molecule has 2 aromatic heterocycles. The Kier molecular flexibility index (Phi) is 6.70. The number of nitrogens with one attached hydrogen (secondary N) is 2. The van der Waals surface area contributed by atoms with Gasteiger partial charge in [-0.1, -0.05) is 19.8 Å². The summed E-state index contributed by atoms with van der Waals surface area (Å²) in [5.41, 5.74) is 1.51. The molecule has 1 fully saturated rings. The molecule has 3 rings (SSSR count). The van der Waals surface area contributed by atoms with Crippen LogP contribution in [-0.2, 0) is 6.54 Å². The summed E-state index contributed by atoms with van der Waals surface area (Å²) in [4.78, 5) is 9.95. The van der Waals surface area contributed by atoms with E-state index in [-0.39, 0.29) is 24.0 Å². The summed E-state index contributed by atoms with van der Waals surface area (Å²) >= 11 is 1.66. The van der Waals surface area contributed by atoms with Gasteiger partial charge in [-0.25, -0.2) is 4.98 Å². The lowest BCUT2D eigenvalue weighted by Gasteiger charge is -2.28. The first-order valence-electron chi connectivity index (χ1n) is 8.10. The number of aromatic nitrogens is 2. The van der Waals surface area contributed by atoms with Gasteiger partial charge in [-0.15, -0.1) is 35.3 Å². The Hall–Kier alpha value is -0.830. The molecular formula is C16H26IN5S. The molecule has 0 atom stereocenters. The fraction of sp³-hybridized carbons (Fsp3) is 0.625. The van der Waals surface area contributed by atoms with Gasteiger partial charge in [-0.3, -0.25) is 9.39 Å². The van der Waals surface area contributed by atoms with E-state index < -0.39 is 0 Å². The maximum Gasteiger partial charge on any atom is 0.193 e. The number of rotatable bonds is 5. The highest BCUT2D eigenvalue weighted by molar-refractivity contribution is 14.0. The Morgan fingerprint density at radius 2 is 2.17 bits per heavy atom. The number of guanidine groups is 1. The predicted molar refractivity (Wildman–Crippen MR) is 108 cm³/mol. The third kappa shape index (κ3) is 4.37. The van der Waals surface area contributed by atoms with Gasteiger partial charge in [0.2, 0.25) is 0 Å². The quantitative estimate of drug-likeness (QED) is 0.418. The minimum absolute atomic E-state index is 0. The summed E-state index contributed by atoms with van der Waals surface area (Å²) in [5.74, 6) is 0.871. The average Bonchev–Trinajstić information content (AvgIpc) is 3.23. The van der Waals surface area contributed by atoms with Gasteiger partial charge >= 0.3 is 0 Å². The Morgan fingerprint density at radius 3 is 2.83 bits per heavy atom.